The quantitative estimate of drug-likeness (QED) is 0.811. The number of ether oxygens (including phenoxy) is 1. The molecule has 1 aliphatic heterocycles. The molecule has 8 heteroatoms. The maximum atomic E-state index is 13.0. The molecule has 4 nitrogen and oxygen atoms in total. The first kappa shape index (κ1) is 20.8. The molecule has 0 unspecified atom stereocenters. The lowest BCUT2D eigenvalue weighted by molar-refractivity contribution is -0.153. The van der Waals surface area contributed by atoms with Crippen LogP contribution in [0.5, 0.6) is 5.75 Å². The lowest BCUT2D eigenvalue weighted by Crippen LogP contribution is -2.44. The third kappa shape index (κ3) is 4.26. The van der Waals surface area contributed by atoms with E-state index in [0.717, 1.165) is 32.2 Å². The molecule has 1 aromatic rings. The van der Waals surface area contributed by atoms with Crippen molar-refractivity contribution in [2.45, 2.75) is 38.8 Å². The Kier molecular flexibility index (Phi) is 6.45. The van der Waals surface area contributed by atoms with Gasteiger partial charge >= 0.3 is 6.18 Å². The van der Waals surface area contributed by atoms with E-state index in [2.05, 4.69) is 10.6 Å². The maximum absolute atomic E-state index is 13.0. The lowest BCUT2D eigenvalue weighted by atomic mass is 9.67. The summed E-state index contributed by atoms with van der Waals surface area (Å²) in [5.74, 6) is 0.418. The Morgan fingerprint density at radius 2 is 2.15 bits per heavy atom. The molecule has 2 N–H and O–H groups in total. The molecule has 0 radical (unpaired) electrons. The maximum Gasteiger partial charge on any atom is 0.422 e. The predicted octanol–water partition coefficient (Wildman–Crippen LogP) is 4.08. The molecule has 0 bridgehead atoms. The van der Waals surface area contributed by atoms with Crippen LogP contribution < -0.4 is 15.4 Å². The predicted molar refractivity (Wildman–Crippen MR) is 95.9 cm³/mol. The number of carbonyl (C=O) groups excluding carboxylic acids is 1. The first-order valence-corrected chi connectivity index (χ1v) is 8.63. The number of carbonyl (C=O) groups is 1. The normalized spacial score (nSPS) is 25.2. The highest BCUT2D eigenvalue weighted by atomic mass is 35.5. The monoisotopic (exact) mass is 392 g/mol. The summed E-state index contributed by atoms with van der Waals surface area (Å²) >= 11 is 0. The van der Waals surface area contributed by atoms with Gasteiger partial charge in [-0.3, -0.25) is 4.79 Å². The highest BCUT2D eigenvalue weighted by Gasteiger charge is 2.49. The van der Waals surface area contributed by atoms with Crippen molar-refractivity contribution < 1.29 is 22.7 Å². The van der Waals surface area contributed by atoms with Crippen molar-refractivity contribution in [1.82, 2.24) is 5.32 Å². The van der Waals surface area contributed by atoms with Crippen LogP contribution >= 0.6 is 12.4 Å². The zero-order chi connectivity index (χ0) is 18.1. The van der Waals surface area contributed by atoms with Crippen molar-refractivity contribution in [2.75, 3.05) is 25.0 Å². The summed E-state index contributed by atoms with van der Waals surface area (Å²) in [6.07, 6.45) is -0.343. The van der Waals surface area contributed by atoms with Crippen LogP contribution in [-0.4, -0.2) is 31.8 Å². The van der Waals surface area contributed by atoms with Crippen LogP contribution in [0, 0.1) is 18.3 Å². The summed E-state index contributed by atoms with van der Waals surface area (Å²) in [6, 6.07) is 4.78. The first-order chi connectivity index (χ1) is 11.8. The molecule has 146 valence electrons. The van der Waals surface area contributed by atoms with Gasteiger partial charge in [0.15, 0.2) is 6.61 Å². The average Bonchev–Trinajstić information content (AvgIpc) is 3.00. The van der Waals surface area contributed by atoms with Crippen LogP contribution in [0.4, 0.5) is 18.9 Å². The summed E-state index contributed by atoms with van der Waals surface area (Å²) in [5, 5.41) is 6.26. The molecule has 1 saturated carbocycles. The van der Waals surface area contributed by atoms with E-state index in [9.17, 15) is 18.0 Å². The van der Waals surface area contributed by atoms with Crippen LogP contribution in [0.1, 0.15) is 31.2 Å². The van der Waals surface area contributed by atoms with Gasteiger partial charge in [-0.2, -0.15) is 13.2 Å². The molecule has 1 heterocycles. The van der Waals surface area contributed by atoms with E-state index in [4.69, 9.17) is 4.74 Å². The lowest BCUT2D eigenvalue weighted by Gasteiger charge is -2.37. The van der Waals surface area contributed by atoms with Crippen molar-refractivity contribution >= 4 is 24.0 Å². The largest absolute Gasteiger partial charge is 0.484 e. The Morgan fingerprint density at radius 3 is 2.88 bits per heavy atom. The number of nitrogens with one attached hydrogen (secondary N) is 2. The highest BCUT2D eigenvalue weighted by Crippen LogP contribution is 2.44. The summed E-state index contributed by atoms with van der Waals surface area (Å²) in [7, 11) is 0. The van der Waals surface area contributed by atoms with Gasteiger partial charge in [-0.25, -0.2) is 0 Å². The summed E-state index contributed by atoms with van der Waals surface area (Å²) in [4.78, 5) is 13.0. The molecule has 2 aliphatic rings. The molecule has 1 aromatic carbocycles. The van der Waals surface area contributed by atoms with Crippen molar-refractivity contribution in [3.63, 3.8) is 0 Å². The number of hydrogen-bond donors (Lipinski definition) is 2. The number of hydrogen-bond acceptors (Lipinski definition) is 3. The van der Waals surface area contributed by atoms with Crippen LogP contribution in [-0.2, 0) is 4.79 Å². The average molecular weight is 393 g/mol. The molecule has 2 fully saturated rings. The van der Waals surface area contributed by atoms with E-state index >= 15 is 0 Å². The van der Waals surface area contributed by atoms with Crippen LogP contribution in [0.3, 0.4) is 0 Å². The number of alkyl halides is 3. The number of amides is 1. The molecule has 0 aromatic heterocycles. The van der Waals surface area contributed by atoms with Gasteiger partial charge in [0.25, 0.3) is 0 Å². The number of halogens is 4. The fourth-order valence-electron chi connectivity index (χ4n) is 4.00. The van der Waals surface area contributed by atoms with E-state index in [1.54, 1.807) is 19.1 Å². The second-order valence-corrected chi connectivity index (χ2v) is 7.02. The minimum atomic E-state index is -4.39. The summed E-state index contributed by atoms with van der Waals surface area (Å²) in [5.41, 5.74) is 0.609. The summed E-state index contributed by atoms with van der Waals surface area (Å²) in [6.45, 7) is 1.82. The highest BCUT2D eigenvalue weighted by molar-refractivity contribution is 5.97. The molecule has 2 atom stereocenters. The molecule has 1 amide bonds. The minimum absolute atomic E-state index is 0. The Morgan fingerprint density at radius 1 is 1.38 bits per heavy atom. The second kappa shape index (κ2) is 8.05. The first-order valence-electron chi connectivity index (χ1n) is 8.63. The minimum Gasteiger partial charge on any atom is -0.484 e. The molecule has 1 saturated heterocycles. The van der Waals surface area contributed by atoms with E-state index in [1.807, 2.05) is 0 Å². The van der Waals surface area contributed by atoms with Gasteiger partial charge in [0.2, 0.25) is 5.91 Å². The van der Waals surface area contributed by atoms with Crippen molar-refractivity contribution in [2.24, 2.45) is 11.3 Å². The topological polar surface area (TPSA) is 50.4 Å². The van der Waals surface area contributed by atoms with Crippen molar-refractivity contribution in [3.8, 4) is 5.75 Å². The SMILES string of the molecule is Cc1c(NC(=O)[C@@]23CCCC[C@H]2CNC3)cccc1OCC(F)(F)F.Cl. The second-order valence-electron chi connectivity index (χ2n) is 7.02. The third-order valence-corrected chi connectivity index (χ3v) is 5.41. The number of fused-ring (bicyclic) bond motifs is 1. The van der Waals surface area contributed by atoms with Crippen LogP contribution in [0.15, 0.2) is 18.2 Å². The van der Waals surface area contributed by atoms with Crippen molar-refractivity contribution in [3.05, 3.63) is 23.8 Å². The van der Waals surface area contributed by atoms with Gasteiger partial charge in [-0.1, -0.05) is 18.9 Å². The Hall–Kier alpha value is -1.47. The molecule has 0 spiro atoms. The fraction of sp³-hybridized carbons (Fsp3) is 0.611. The van der Waals surface area contributed by atoms with Gasteiger partial charge in [-0.05, 0) is 44.4 Å². The van der Waals surface area contributed by atoms with E-state index < -0.39 is 18.2 Å². The Balaban J connectivity index is 0.00000243. The van der Waals surface area contributed by atoms with Crippen molar-refractivity contribution in [1.29, 1.82) is 0 Å². The number of benzene rings is 1. The molecule has 26 heavy (non-hydrogen) atoms. The molecular formula is C18H24ClF3N2O2. The Labute approximate surface area is 157 Å². The zero-order valence-electron chi connectivity index (χ0n) is 14.6. The van der Waals surface area contributed by atoms with Gasteiger partial charge in [-0.15, -0.1) is 12.4 Å². The van der Waals surface area contributed by atoms with Gasteiger partial charge in [0.1, 0.15) is 5.75 Å². The molecule has 3 rings (SSSR count). The number of anilines is 1. The molecular weight excluding hydrogens is 369 g/mol. The molecule has 1 aliphatic carbocycles. The van der Waals surface area contributed by atoms with Gasteiger partial charge < -0.3 is 15.4 Å². The number of rotatable bonds is 4. The Bertz CT molecular complexity index is 654. The van der Waals surface area contributed by atoms with Gasteiger partial charge in [0.05, 0.1) is 5.41 Å². The summed E-state index contributed by atoms with van der Waals surface area (Å²) < 4.78 is 42.0. The standard InChI is InChI=1S/C18H23F3N2O2.ClH/c1-12-14(6-4-7-15(12)25-11-18(19,20)21)23-16(24)17-8-3-2-5-13(17)9-22-10-17;/h4,6-7,13,22H,2-3,5,8-11H2,1H3,(H,23,24);1H/t13-,17+;/m0./s1. The van der Waals surface area contributed by atoms with E-state index in [-0.39, 0.29) is 24.1 Å². The van der Waals surface area contributed by atoms with Crippen LogP contribution in [0.2, 0.25) is 0 Å². The van der Waals surface area contributed by atoms with Crippen LogP contribution in [0.25, 0.3) is 0 Å². The van der Waals surface area contributed by atoms with E-state index in [1.165, 1.54) is 6.07 Å². The third-order valence-electron chi connectivity index (χ3n) is 5.41. The fourth-order valence-corrected chi connectivity index (χ4v) is 4.00. The van der Waals surface area contributed by atoms with Gasteiger partial charge in [0, 0.05) is 17.8 Å². The van der Waals surface area contributed by atoms with E-state index in [0.29, 0.717) is 23.7 Å². The smallest absolute Gasteiger partial charge is 0.422 e. The zero-order valence-corrected chi connectivity index (χ0v) is 15.4.